The molecule has 0 amide bonds. The van der Waals surface area contributed by atoms with Gasteiger partial charge in [0.15, 0.2) is 5.65 Å². The molecule has 0 aliphatic carbocycles. The molecule has 0 aliphatic heterocycles. The molecule has 0 saturated carbocycles. The number of hydrogen-bond acceptors (Lipinski definition) is 3. The second-order valence-corrected chi connectivity index (χ2v) is 3.26. The van der Waals surface area contributed by atoms with Crippen molar-refractivity contribution in [3.63, 3.8) is 0 Å². The number of pyridine rings is 1. The number of nitrogens with two attached hydrogens (primary N) is 1. The van der Waals surface area contributed by atoms with E-state index in [-0.39, 0.29) is 5.95 Å². The van der Waals surface area contributed by atoms with Crippen LogP contribution in [0.25, 0.3) is 16.8 Å². The molecule has 0 spiro atoms. The summed E-state index contributed by atoms with van der Waals surface area (Å²) in [4.78, 5) is 7.20. The second kappa shape index (κ2) is 2.84. The molecular weight excluding hydrogens is 190 g/mol. The minimum Gasteiger partial charge on any atom is -0.367 e. The Balaban J connectivity index is 2.35. The van der Waals surface area contributed by atoms with Gasteiger partial charge in [-0.15, -0.1) is 5.10 Å². The molecule has 74 valence electrons. The fraction of sp³-hybridized carbons (Fsp3) is 0. The van der Waals surface area contributed by atoms with Crippen molar-refractivity contribution in [2.45, 2.75) is 0 Å². The fourth-order valence-electron chi connectivity index (χ4n) is 1.64. The lowest BCUT2D eigenvalue weighted by Gasteiger charge is -1.98. The molecule has 5 nitrogen and oxygen atoms in total. The van der Waals surface area contributed by atoms with E-state index in [1.165, 1.54) is 0 Å². The lowest BCUT2D eigenvalue weighted by molar-refractivity contribution is 0.969. The Kier molecular flexibility index (Phi) is 1.53. The third-order valence-corrected chi connectivity index (χ3v) is 2.29. The lowest BCUT2D eigenvalue weighted by atomic mass is 10.1. The van der Waals surface area contributed by atoms with Gasteiger partial charge in [-0.3, -0.25) is 0 Å². The first-order chi connectivity index (χ1) is 7.34. The zero-order valence-corrected chi connectivity index (χ0v) is 7.88. The Morgan fingerprint density at radius 2 is 2.27 bits per heavy atom. The fourth-order valence-corrected chi connectivity index (χ4v) is 1.64. The summed E-state index contributed by atoms with van der Waals surface area (Å²) in [7, 11) is 0. The van der Waals surface area contributed by atoms with Crippen molar-refractivity contribution in [2.24, 2.45) is 0 Å². The molecule has 3 aromatic rings. The first-order valence-corrected chi connectivity index (χ1v) is 4.58. The molecule has 15 heavy (non-hydrogen) atoms. The van der Waals surface area contributed by atoms with E-state index in [9.17, 15) is 0 Å². The molecule has 3 rings (SSSR count). The highest BCUT2D eigenvalue weighted by Crippen LogP contribution is 2.22. The number of anilines is 1. The van der Waals surface area contributed by atoms with Gasteiger partial charge in [0.25, 0.3) is 0 Å². The SMILES string of the molecule is Nc1nc2c(-c3cc[nH]c3)cccn2n1. The zero-order valence-electron chi connectivity index (χ0n) is 7.88. The number of rotatable bonds is 1. The Bertz CT molecular complexity index is 593. The maximum atomic E-state index is 5.56. The molecule has 0 aliphatic rings. The highest BCUT2D eigenvalue weighted by Gasteiger charge is 2.07. The summed E-state index contributed by atoms with van der Waals surface area (Å²) in [6.45, 7) is 0. The lowest BCUT2D eigenvalue weighted by Crippen LogP contribution is -1.89. The predicted molar refractivity (Wildman–Crippen MR) is 57.2 cm³/mol. The van der Waals surface area contributed by atoms with Crippen molar-refractivity contribution in [1.29, 1.82) is 0 Å². The van der Waals surface area contributed by atoms with Crippen LogP contribution in [-0.4, -0.2) is 19.6 Å². The Labute approximate surface area is 85.6 Å². The van der Waals surface area contributed by atoms with E-state index in [1.54, 1.807) is 4.52 Å². The first kappa shape index (κ1) is 8.05. The zero-order chi connectivity index (χ0) is 10.3. The van der Waals surface area contributed by atoms with E-state index in [0.29, 0.717) is 0 Å². The molecule has 0 radical (unpaired) electrons. The number of hydrogen-bond donors (Lipinski definition) is 2. The summed E-state index contributed by atoms with van der Waals surface area (Å²) in [6.07, 6.45) is 5.62. The number of H-pyrrole nitrogens is 1. The van der Waals surface area contributed by atoms with Gasteiger partial charge in [0.05, 0.1) is 0 Å². The van der Waals surface area contributed by atoms with Crippen molar-refractivity contribution in [3.8, 4) is 11.1 Å². The van der Waals surface area contributed by atoms with Crippen LogP contribution < -0.4 is 5.73 Å². The molecule has 0 atom stereocenters. The van der Waals surface area contributed by atoms with Gasteiger partial charge in [0, 0.05) is 29.7 Å². The van der Waals surface area contributed by atoms with Gasteiger partial charge in [-0.25, -0.2) is 4.52 Å². The number of nitrogen functional groups attached to an aromatic ring is 1. The Morgan fingerprint density at radius 3 is 3.07 bits per heavy atom. The Morgan fingerprint density at radius 1 is 1.33 bits per heavy atom. The average molecular weight is 199 g/mol. The van der Waals surface area contributed by atoms with E-state index < -0.39 is 0 Å². The number of nitrogens with zero attached hydrogens (tertiary/aromatic N) is 3. The van der Waals surface area contributed by atoms with Crippen LogP contribution in [0.5, 0.6) is 0 Å². The first-order valence-electron chi connectivity index (χ1n) is 4.58. The topological polar surface area (TPSA) is 72.0 Å². The smallest absolute Gasteiger partial charge is 0.240 e. The van der Waals surface area contributed by atoms with Crippen molar-refractivity contribution < 1.29 is 0 Å². The molecule has 0 aromatic carbocycles. The highest BCUT2D eigenvalue weighted by atomic mass is 15.3. The van der Waals surface area contributed by atoms with E-state index in [0.717, 1.165) is 16.8 Å². The van der Waals surface area contributed by atoms with Crippen LogP contribution >= 0.6 is 0 Å². The molecule has 3 heterocycles. The monoisotopic (exact) mass is 199 g/mol. The maximum Gasteiger partial charge on any atom is 0.240 e. The van der Waals surface area contributed by atoms with Crippen molar-refractivity contribution in [3.05, 3.63) is 36.8 Å². The number of aromatic nitrogens is 4. The Hall–Kier alpha value is -2.30. The van der Waals surface area contributed by atoms with E-state index >= 15 is 0 Å². The minimum absolute atomic E-state index is 0.290. The van der Waals surface area contributed by atoms with Crippen LogP contribution in [0.1, 0.15) is 0 Å². The summed E-state index contributed by atoms with van der Waals surface area (Å²) >= 11 is 0. The number of aromatic amines is 1. The van der Waals surface area contributed by atoms with Gasteiger partial charge in [0.2, 0.25) is 5.95 Å². The molecule has 0 fully saturated rings. The van der Waals surface area contributed by atoms with E-state index in [4.69, 9.17) is 5.73 Å². The van der Waals surface area contributed by atoms with Gasteiger partial charge in [-0.2, -0.15) is 4.98 Å². The summed E-state index contributed by atoms with van der Waals surface area (Å²) in [5.41, 5.74) is 8.43. The standard InChI is InChI=1S/C10H9N5/c11-10-13-9-8(7-3-4-12-6-7)2-1-5-15(9)14-10/h1-6,12H,(H2,11,14). The molecule has 0 saturated heterocycles. The van der Waals surface area contributed by atoms with Gasteiger partial charge < -0.3 is 10.7 Å². The van der Waals surface area contributed by atoms with Crippen molar-refractivity contribution >= 4 is 11.6 Å². The molecular formula is C10H9N5. The summed E-state index contributed by atoms with van der Waals surface area (Å²) in [6, 6.07) is 5.90. The molecule has 0 bridgehead atoms. The largest absolute Gasteiger partial charge is 0.367 e. The molecule has 3 N–H and O–H groups in total. The maximum absolute atomic E-state index is 5.56. The van der Waals surface area contributed by atoms with Gasteiger partial charge >= 0.3 is 0 Å². The molecule has 0 unspecified atom stereocenters. The van der Waals surface area contributed by atoms with Crippen LogP contribution in [0, 0.1) is 0 Å². The second-order valence-electron chi connectivity index (χ2n) is 3.26. The minimum atomic E-state index is 0.290. The number of nitrogens with one attached hydrogen (secondary N) is 1. The van der Waals surface area contributed by atoms with Gasteiger partial charge in [0.1, 0.15) is 0 Å². The average Bonchev–Trinajstić information content (AvgIpc) is 2.82. The highest BCUT2D eigenvalue weighted by molar-refractivity contribution is 5.77. The third-order valence-electron chi connectivity index (χ3n) is 2.29. The van der Waals surface area contributed by atoms with Crippen LogP contribution in [0.15, 0.2) is 36.8 Å². The predicted octanol–water partition coefficient (Wildman–Crippen LogP) is 1.31. The third kappa shape index (κ3) is 1.17. The van der Waals surface area contributed by atoms with Crippen LogP contribution in [0.2, 0.25) is 0 Å². The van der Waals surface area contributed by atoms with Crippen molar-refractivity contribution in [1.82, 2.24) is 19.6 Å². The normalized spacial score (nSPS) is 10.9. The number of fused-ring (bicyclic) bond motifs is 1. The van der Waals surface area contributed by atoms with Crippen molar-refractivity contribution in [2.75, 3.05) is 5.73 Å². The molecule has 5 heteroatoms. The summed E-state index contributed by atoms with van der Waals surface area (Å²) < 4.78 is 1.68. The quantitative estimate of drug-likeness (QED) is 0.620. The van der Waals surface area contributed by atoms with Gasteiger partial charge in [-0.1, -0.05) is 0 Å². The van der Waals surface area contributed by atoms with Gasteiger partial charge in [-0.05, 0) is 18.2 Å². The summed E-state index contributed by atoms with van der Waals surface area (Å²) in [5.74, 6) is 0.290. The van der Waals surface area contributed by atoms with E-state index in [2.05, 4.69) is 15.1 Å². The molecule has 3 aromatic heterocycles. The van der Waals surface area contributed by atoms with Crippen LogP contribution in [-0.2, 0) is 0 Å². The summed E-state index contributed by atoms with van der Waals surface area (Å²) in [5, 5.41) is 4.06. The van der Waals surface area contributed by atoms with E-state index in [1.807, 2.05) is 36.8 Å². The van der Waals surface area contributed by atoms with Crippen LogP contribution in [0.4, 0.5) is 5.95 Å². The van der Waals surface area contributed by atoms with Crippen LogP contribution in [0.3, 0.4) is 0 Å².